The van der Waals surface area contributed by atoms with Crippen molar-refractivity contribution in [1.29, 1.82) is 0 Å². The molecule has 0 radical (unpaired) electrons. The number of carbonyl (C=O) groups is 1. The Hall–Kier alpha value is -1.56. The van der Waals surface area contributed by atoms with Crippen LogP contribution in [0, 0.1) is 6.92 Å². The van der Waals surface area contributed by atoms with E-state index in [9.17, 15) is 4.79 Å². The second-order valence-corrected chi connectivity index (χ2v) is 4.49. The average molecular weight is 236 g/mol. The van der Waals surface area contributed by atoms with Crippen LogP contribution in [0.3, 0.4) is 0 Å². The van der Waals surface area contributed by atoms with Crippen LogP contribution in [0.4, 0.5) is 0 Å². The maximum Gasteiger partial charge on any atom is 0.231 e. The fraction of sp³-hybridized carbons (Fsp3) is 0.400. The van der Waals surface area contributed by atoms with Gasteiger partial charge < -0.3 is 0 Å². The first-order valence-electron chi connectivity index (χ1n) is 5.07. The molecule has 5 nitrogen and oxygen atoms in total. The molecule has 0 aliphatic rings. The van der Waals surface area contributed by atoms with Gasteiger partial charge in [-0.05, 0) is 13.3 Å². The number of hydrogen-bond acceptors (Lipinski definition) is 5. The molecule has 0 fully saturated rings. The summed E-state index contributed by atoms with van der Waals surface area (Å²) in [7, 11) is 0. The molecule has 0 aromatic carbocycles. The quantitative estimate of drug-likeness (QED) is 0.758. The SMILES string of the molecule is CCCn1nncc1C(=O)c1csc(C)n1. The van der Waals surface area contributed by atoms with Gasteiger partial charge in [-0.2, -0.15) is 0 Å². The Morgan fingerprint density at radius 2 is 2.38 bits per heavy atom. The predicted octanol–water partition coefficient (Wildman–Crippen LogP) is 1.68. The topological polar surface area (TPSA) is 60.7 Å². The molecule has 0 amide bonds. The molecule has 2 aromatic rings. The lowest BCUT2D eigenvalue weighted by Gasteiger charge is -2.01. The van der Waals surface area contributed by atoms with Crippen molar-refractivity contribution in [3.63, 3.8) is 0 Å². The second kappa shape index (κ2) is 4.52. The lowest BCUT2D eigenvalue weighted by atomic mass is 10.2. The molecule has 2 heterocycles. The van der Waals surface area contributed by atoms with Gasteiger partial charge in [0.25, 0.3) is 0 Å². The number of thiazole rings is 1. The molecule has 0 N–H and O–H groups in total. The Morgan fingerprint density at radius 3 is 3.00 bits per heavy atom. The Bertz CT molecular complexity index is 502. The Kier molecular flexibility index (Phi) is 3.09. The zero-order chi connectivity index (χ0) is 11.5. The first kappa shape index (κ1) is 10.9. The molecule has 0 saturated heterocycles. The summed E-state index contributed by atoms with van der Waals surface area (Å²) >= 11 is 1.47. The van der Waals surface area contributed by atoms with Crippen LogP contribution in [0.25, 0.3) is 0 Å². The zero-order valence-electron chi connectivity index (χ0n) is 9.17. The lowest BCUT2D eigenvalue weighted by Crippen LogP contribution is -2.11. The molecule has 0 unspecified atom stereocenters. The molecule has 84 valence electrons. The largest absolute Gasteiger partial charge is 0.285 e. The van der Waals surface area contributed by atoms with Gasteiger partial charge in [-0.15, -0.1) is 16.4 Å². The van der Waals surface area contributed by atoms with E-state index in [4.69, 9.17) is 0 Å². The van der Waals surface area contributed by atoms with Gasteiger partial charge >= 0.3 is 0 Å². The van der Waals surface area contributed by atoms with Gasteiger partial charge in [0.2, 0.25) is 5.78 Å². The summed E-state index contributed by atoms with van der Waals surface area (Å²) < 4.78 is 1.62. The summed E-state index contributed by atoms with van der Waals surface area (Å²) in [5, 5.41) is 10.3. The van der Waals surface area contributed by atoms with Crippen LogP contribution in [0.15, 0.2) is 11.6 Å². The number of aromatic nitrogens is 4. The monoisotopic (exact) mass is 236 g/mol. The van der Waals surface area contributed by atoms with Crippen LogP contribution in [-0.2, 0) is 6.54 Å². The van der Waals surface area contributed by atoms with Crippen molar-refractivity contribution >= 4 is 17.1 Å². The summed E-state index contributed by atoms with van der Waals surface area (Å²) in [6, 6.07) is 0. The third-order valence-electron chi connectivity index (χ3n) is 2.14. The maximum atomic E-state index is 12.1. The summed E-state index contributed by atoms with van der Waals surface area (Å²) in [5.74, 6) is -0.109. The van der Waals surface area contributed by atoms with Crippen molar-refractivity contribution in [3.8, 4) is 0 Å². The molecule has 0 spiro atoms. The average Bonchev–Trinajstić information content (AvgIpc) is 2.87. The van der Waals surface area contributed by atoms with Gasteiger partial charge in [-0.1, -0.05) is 12.1 Å². The number of aryl methyl sites for hydroxylation is 2. The first-order chi connectivity index (χ1) is 7.72. The Balaban J connectivity index is 2.30. The number of nitrogens with zero attached hydrogens (tertiary/aromatic N) is 4. The molecule has 0 atom stereocenters. The normalized spacial score (nSPS) is 10.6. The van der Waals surface area contributed by atoms with Crippen molar-refractivity contribution in [1.82, 2.24) is 20.0 Å². The maximum absolute atomic E-state index is 12.1. The summed E-state index contributed by atoms with van der Waals surface area (Å²) in [4.78, 5) is 16.2. The number of rotatable bonds is 4. The van der Waals surface area contributed by atoms with Crippen molar-refractivity contribution in [2.45, 2.75) is 26.8 Å². The Labute approximate surface area is 97.1 Å². The molecule has 6 heteroatoms. The minimum absolute atomic E-state index is 0.109. The molecule has 2 aromatic heterocycles. The van der Waals surface area contributed by atoms with Gasteiger partial charge in [0.15, 0.2) is 0 Å². The van der Waals surface area contributed by atoms with E-state index >= 15 is 0 Å². The van der Waals surface area contributed by atoms with Crippen LogP contribution in [0.5, 0.6) is 0 Å². The van der Waals surface area contributed by atoms with Gasteiger partial charge in [0.1, 0.15) is 11.4 Å². The van der Waals surface area contributed by atoms with E-state index in [1.165, 1.54) is 17.5 Å². The molecular weight excluding hydrogens is 224 g/mol. The fourth-order valence-corrected chi connectivity index (χ4v) is 2.00. The van der Waals surface area contributed by atoms with Crippen molar-refractivity contribution < 1.29 is 4.79 Å². The number of hydrogen-bond donors (Lipinski definition) is 0. The highest BCUT2D eigenvalue weighted by atomic mass is 32.1. The van der Waals surface area contributed by atoms with Crippen molar-refractivity contribution in [2.75, 3.05) is 0 Å². The van der Waals surface area contributed by atoms with Crippen molar-refractivity contribution in [2.24, 2.45) is 0 Å². The molecule has 16 heavy (non-hydrogen) atoms. The van der Waals surface area contributed by atoms with Crippen LogP contribution in [0.2, 0.25) is 0 Å². The van der Waals surface area contributed by atoms with Gasteiger partial charge in [0.05, 0.1) is 11.2 Å². The molecule has 0 aliphatic carbocycles. The first-order valence-corrected chi connectivity index (χ1v) is 5.95. The summed E-state index contributed by atoms with van der Waals surface area (Å²) in [6.07, 6.45) is 2.41. The minimum atomic E-state index is -0.109. The van der Waals surface area contributed by atoms with Gasteiger partial charge in [0, 0.05) is 11.9 Å². The van der Waals surface area contributed by atoms with E-state index in [-0.39, 0.29) is 5.78 Å². The number of ketones is 1. The predicted molar refractivity (Wildman–Crippen MR) is 60.6 cm³/mol. The molecule has 0 aliphatic heterocycles. The third kappa shape index (κ3) is 2.01. The van der Waals surface area contributed by atoms with E-state index in [1.807, 2.05) is 13.8 Å². The van der Waals surface area contributed by atoms with Crippen LogP contribution >= 0.6 is 11.3 Å². The fourth-order valence-electron chi connectivity index (χ4n) is 1.41. The lowest BCUT2D eigenvalue weighted by molar-refractivity contribution is 0.102. The molecule has 2 rings (SSSR count). The summed E-state index contributed by atoms with van der Waals surface area (Å²) in [6.45, 7) is 4.61. The highest BCUT2D eigenvalue weighted by Gasteiger charge is 2.17. The third-order valence-corrected chi connectivity index (χ3v) is 2.91. The molecule has 0 saturated carbocycles. The standard InChI is InChI=1S/C10H12N4OS/c1-3-4-14-9(5-11-13-14)10(15)8-6-16-7(2)12-8/h5-6H,3-4H2,1-2H3. The zero-order valence-corrected chi connectivity index (χ0v) is 9.99. The van der Waals surface area contributed by atoms with Crippen molar-refractivity contribution in [3.05, 3.63) is 28.0 Å². The minimum Gasteiger partial charge on any atom is -0.285 e. The van der Waals surface area contributed by atoms with E-state index in [0.717, 1.165) is 11.4 Å². The Morgan fingerprint density at radius 1 is 1.56 bits per heavy atom. The van der Waals surface area contributed by atoms with Crippen LogP contribution in [0.1, 0.15) is 34.5 Å². The van der Waals surface area contributed by atoms with E-state index in [2.05, 4.69) is 15.3 Å². The van der Waals surface area contributed by atoms with Crippen LogP contribution in [-0.4, -0.2) is 25.8 Å². The molecule has 0 bridgehead atoms. The van der Waals surface area contributed by atoms with E-state index in [1.54, 1.807) is 10.1 Å². The van der Waals surface area contributed by atoms with Gasteiger partial charge in [-0.3, -0.25) is 4.79 Å². The number of carbonyl (C=O) groups excluding carboxylic acids is 1. The highest BCUT2D eigenvalue weighted by molar-refractivity contribution is 7.09. The van der Waals surface area contributed by atoms with E-state index < -0.39 is 0 Å². The van der Waals surface area contributed by atoms with Crippen LogP contribution < -0.4 is 0 Å². The second-order valence-electron chi connectivity index (χ2n) is 3.42. The highest BCUT2D eigenvalue weighted by Crippen LogP contribution is 2.12. The summed E-state index contributed by atoms with van der Waals surface area (Å²) in [5.41, 5.74) is 0.981. The molecular formula is C10H12N4OS. The van der Waals surface area contributed by atoms with Gasteiger partial charge in [-0.25, -0.2) is 9.67 Å². The smallest absolute Gasteiger partial charge is 0.231 e. The van der Waals surface area contributed by atoms with E-state index in [0.29, 0.717) is 17.9 Å².